The van der Waals surface area contributed by atoms with Crippen molar-refractivity contribution in [1.29, 1.82) is 0 Å². The molecule has 0 spiro atoms. The van der Waals surface area contributed by atoms with Crippen molar-refractivity contribution in [3.8, 4) is 5.75 Å². The van der Waals surface area contributed by atoms with E-state index in [2.05, 4.69) is 25.9 Å². The lowest BCUT2D eigenvalue weighted by atomic mass is 10.2. The highest BCUT2D eigenvalue weighted by molar-refractivity contribution is 9.10. The van der Waals surface area contributed by atoms with Gasteiger partial charge in [0.25, 0.3) is 0 Å². The Bertz CT molecular complexity index is 493. The van der Waals surface area contributed by atoms with Gasteiger partial charge in [0, 0.05) is 22.4 Å². The van der Waals surface area contributed by atoms with Gasteiger partial charge in [-0.05, 0) is 24.3 Å². The van der Waals surface area contributed by atoms with Crippen LogP contribution in [0.4, 0.5) is 0 Å². The maximum Gasteiger partial charge on any atom is 0.166 e. The van der Waals surface area contributed by atoms with Crippen molar-refractivity contribution in [1.82, 2.24) is 9.97 Å². The maximum atomic E-state index is 5.85. The predicted octanol–water partition coefficient (Wildman–Crippen LogP) is 3.56. The molecule has 0 fully saturated rings. The quantitative estimate of drug-likeness (QED) is 0.810. The van der Waals surface area contributed by atoms with Crippen LogP contribution in [-0.2, 0) is 12.5 Å². The maximum absolute atomic E-state index is 5.85. The molecule has 1 aromatic carbocycles. The minimum absolute atomic E-state index is 0.340. The molecule has 0 aliphatic carbocycles. The summed E-state index contributed by atoms with van der Waals surface area (Å²) in [5, 5.41) is 0. The number of nitrogens with zero attached hydrogens (tertiary/aromatic N) is 2. The largest absolute Gasteiger partial charge is 0.485 e. The SMILES string of the molecule is ClCc1cc(Br)ccc1OCc1ncccn1. The molecule has 0 saturated heterocycles. The molecule has 0 aliphatic rings. The van der Waals surface area contributed by atoms with Gasteiger partial charge in [-0.2, -0.15) is 0 Å². The summed E-state index contributed by atoms with van der Waals surface area (Å²) < 4.78 is 6.62. The zero-order valence-electron chi connectivity index (χ0n) is 8.94. The first-order chi connectivity index (χ1) is 8.29. The van der Waals surface area contributed by atoms with Gasteiger partial charge in [0.15, 0.2) is 5.82 Å². The van der Waals surface area contributed by atoms with Crippen LogP contribution >= 0.6 is 27.5 Å². The van der Waals surface area contributed by atoms with Crippen LogP contribution in [0.25, 0.3) is 0 Å². The van der Waals surface area contributed by atoms with E-state index in [9.17, 15) is 0 Å². The molecule has 17 heavy (non-hydrogen) atoms. The number of benzene rings is 1. The van der Waals surface area contributed by atoms with Crippen LogP contribution in [0.1, 0.15) is 11.4 Å². The van der Waals surface area contributed by atoms with Crippen LogP contribution in [0.5, 0.6) is 5.75 Å². The molecule has 0 N–H and O–H groups in total. The highest BCUT2D eigenvalue weighted by Crippen LogP contribution is 2.25. The van der Waals surface area contributed by atoms with E-state index in [4.69, 9.17) is 16.3 Å². The third-order valence-corrected chi connectivity index (χ3v) is 2.92. The van der Waals surface area contributed by atoms with Gasteiger partial charge in [0.2, 0.25) is 0 Å². The zero-order chi connectivity index (χ0) is 12.1. The zero-order valence-corrected chi connectivity index (χ0v) is 11.3. The monoisotopic (exact) mass is 312 g/mol. The first-order valence-corrected chi connectivity index (χ1v) is 6.35. The lowest BCUT2D eigenvalue weighted by Crippen LogP contribution is -2.01. The molecule has 1 aromatic heterocycles. The summed E-state index contributed by atoms with van der Waals surface area (Å²) >= 11 is 9.25. The van der Waals surface area contributed by atoms with Crippen LogP contribution in [0.3, 0.4) is 0 Å². The number of hydrogen-bond donors (Lipinski definition) is 0. The molecule has 3 nitrogen and oxygen atoms in total. The number of alkyl halides is 1. The standard InChI is InChI=1S/C12H10BrClN2O/c13-10-2-3-11(9(6-10)7-14)17-8-12-15-4-1-5-16-12/h1-6H,7-8H2. The van der Waals surface area contributed by atoms with Crippen LogP contribution in [0.2, 0.25) is 0 Å². The number of hydrogen-bond acceptors (Lipinski definition) is 3. The smallest absolute Gasteiger partial charge is 0.166 e. The molecule has 2 rings (SSSR count). The minimum Gasteiger partial charge on any atom is -0.485 e. The normalized spacial score (nSPS) is 10.2. The van der Waals surface area contributed by atoms with Gasteiger partial charge in [-0.25, -0.2) is 9.97 Å². The van der Waals surface area contributed by atoms with E-state index in [-0.39, 0.29) is 0 Å². The molecule has 0 aliphatic heterocycles. The first-order valence-electron chi connectivity index (χ1n) is 5.02. The number of rotatable bonds is 4. The summed E-state index contributed by atoms with van der Waals surface area (Å²) in [4.78, 5) is 8.18. The third kappa shape index (κ3) is 3.41. The van der Waals surface area contributed by atoms with E-state index in [1.807, 2.05) is 18.2 Å². The summed E-state index contributed by atoms with van der Waals surface area (Å²) in [7, 11) is 0. The van der Waals surface area contributed by atoms with Crippen LogP contribution < -0.4 is 4.74 Å². The molecule has 0 bridgehead atoms. The summed E-state index contributed by atoms with van der Waals surface area (Å²) in [6.07, 6.45) is 3.38. The highest BCUT2D eigenvalue weighted by Gasteiger charge is 2.04. The van der Waals surface area contributed by atoms with Crippen molar-refractivity contribution in [2.24, 2.45) is 0 Å². The van der Waals surface area contributed by atoms with Crippen molar-refractivity contribution in [3.05, 3.63) is 52.5 Å². The van der Waals surface area contributed by atoms with E-state index in [0.717, 1.165) is 15.8 Å². The molecule has 2 aromatic rings. The summed E-state index contributed by atoms with van der Waals surface area (Å²) in [5.41, 5.74) is 0.942. The average molecular weight is 314 g/mol. The van der Waals surface area contributed by atoms with E-state index in [1.165, 1.54) is 0 Å². The lowest BCUT2D eigenvalue weighted by molar-refractivity contribution is 0.293. The molecule has 1 heterocycles. The fourth-order valence-electron chi connectivity index (χ4n) is 1.34. The van der Waals surface area contributed by atoms with Gasteiger partial charge >= 0.3 is 0 Å². The summed E-state index contributed by atoms with van der Waals surface area (Å²) in [6.45, 7) is 0.340. The molecule has 0 saturated carbocycles. The van der Waals surface area contributed by atoms with Gasteiger partial charge in [0.05, 0.1) is 5.88 Å². The molecular formula is C12H10BrClN2O. The summed E-state index contributed by atoms with van der Waals surface area (Å²) in [5.74, 6) is 1.82. The summed E-state index contributed by atoms with van der Waals surface area (Å²) in [6, 6.07) is 7.50. The molecule has 88 valence electrons. The Morgan fingerprint density at radius 1 is 1.24 bits per heavy atom. The fraction of sp³-hybridized carbons (Fsp3) is 0.167. The molecular weight excluding hydrogens is 304 g/mol. The number of ether oxygens (including phenoxy) is 1. The Morgan fingerprint density at radius 2 is 2.00 bits per heavy atom. The molecule has 0 atom stereocenters. The van der Waals surface area contributed by atoms with Gasteiger partial charge in [-0.1, -0.05) is 15.9 Å². The van der Waals surface area contributed by atoms with Crippen LogP contribution in [0, 0.1) is 0 Å². The van der Waals surface area contributed by atoms with Crippen LogP contribution in [-0.4, -0.2) is 9.97 Å². The second-order valence-corrected chi connectivity index (χ2v) is 4.52. The Balaban J connectivity index is 2.09. The average Bonchev–Trinajstić information content (AvgIpc) is 2.38. The van der Waals surface area contributed by atoms with Crippen molar-refractivity contribution in [2.75, 3.05) is 0 Å². The highest BCUT2D eigenvalue weighted by atomic mass is 79.9. The third-order valence-electron chi connectivity index (χ3n) is 2.14. The Hall–Kier alpha value is -1.13. The van der Waals surface area contributed by atoms with Gasteiger partial charge < -0.3 is 4.74 Å². The lowest BCUT2D eigenvalue weighted by Gasteiger charge is -2.09. The molecule has 0 radical (unpaired) electrons. The second kappa shape index (κ2) is 5.98. The van der Waals surface area contributed by atoms with E-state index >= 15 is 0 Å². The molecule has 0 unspecified atom stereocenters. The minimum atomic E-state index is 0.340. The first kappa shape index (κ1) is 12.3. The van der Waals surface area contributed by atoms with Gasteiger partial charge in [0.1, 0.15) is 12.4 Å². The predicted molar refractivity (Wildman–Crippen MR) is 70.1 cm³/mol. The Kier molecular flexibility index (Phi) is 4.34. The second-order valence-electron chi connectivity index (χ2n) is 3.34. The number of aromatic nitrogens is 2. The van der Waals surface area contributed by atoms with Gasteiger partial charge in [-0.15, -0.1) is 11.6 Å². The molecule has 5 heteroatoms. The topological polar surface area (TPSA) is 35.0 Å². The Labute approximate surface area is 113 Å². The molecule has 0 amide bonds. The Morgan fingerprint density at radius 3 is 2.71 bits per heavy atom. The van der Waals surface area contributed by atoms with Crippen molar-refractivity contribution >= 4 is 27.5 Å². The van der Waals surface area contributed by atoms with Crippen molar-refractivity contribution in [3.63, 3.8) is 0 Å². The van der Waals surface area contributed by atoms with Crippen molar-refractivity contribution < 1.29 is 4.74 Å². The van der Waals surface area contributed by atoms with Gasteiger partial charge in [-0.3, -0.25) is 0 Å². The van der Waals surface area contributed by atoms with Crippen molar-refractivity contribution in [2.45, 2.75) is 12.5 Å². The van der Waals surface area contributed by atoms with E-state index in [0.29, 0.717) is 18.3 Å². The van der Waals surface area contributed by atoms with Crippen LogP contribution in [0.15, 0.2) is 41.1 Å². The fourth-order valence-corrected chi connectivity index (χ4v) is 1.96. The van der Waals surface area contributed by atoms with E-state index in [1.54, 1.807) is 18.5 Å². The number of halogens is 2. The van der Waals surface area contributed by atoms with E-state index < -0.39 is 0 Å².